The first-order valence-corrected chi connectivity index (χ1v) is 10.1. The third-order valence-electron chi connectivity index (χ3n) is 3.47. The topological polar surface area (TPSA) is 73.8 Å². The summed E-state index contributed by atoms with van der Waals surface area (Å²) in [5.74, 6) is 1.61. The van der Waals surface area contributed by atoms with Crippen LogP contribution in [0.25, 0.3) is 0 Å². The van der Waals surface area contributed by atoms with Gasteiger partial charge in [-0.1, -0.05) is 0 Å². The maximum Gasteiger partial charge on any atom is 0.511 e. The monoisotopic (exact) mass is 504 g/mol. The van der Waals surface area contributed by atoms with Gasteiger partial charge in [-0.2, -0.15) is 29.2 Å². The van der Waals surface area contributed by atoms with Crippen LogP contribution in [0, 0.1) is 0 Å². The van der Waals surface area contributed by atoms with Gasteiger partial charge in [0.2, 0.25) is 0 Å². The van der Waals surface area contributed by atoms with Gasteiger partial charge in [-0.25, -0.2) is 8.42 Å². The molecule has 0 radical (unpaired) electrons. The molecule has 0 amide bonds. The number of hydrogen-bond acceptors (Lipinski definition) is 4. The van der Waals surface area contributed by atoms with E-state index in [4.69, 9.17) is 0 Å². The van der Waals surface area contributed by atoms with E-state index in [1.807, 2.05) is 6.26 Å². The van der Waals surface area contributed by atoms with Crippen LogP contribution in [0.3, 0.4) is 0 Å². The van der Waals surface area contributed by atoms with Crippen LogP contribution in [-0.4, -0.2) is 68.9 Å². The first kappa shape index (κ1) is 24.1. The number of halogens is 4. The molecule has 1 aliphatic heterocycles. The van der Waals surface area contributed by atoms with Crippen LogP contribution in [0.2, 0.25) is 0 Å². The number of nitrogens with zero attached hydrogens (tertiary/aromatic N) is 2. The molecule has 0 saturated carbocycles. The number of nitrogens with one attached hydrogen (secondary N) is 2. The molecular formula is C12H24F3IN4O2S2. The van der Waals surface area contributed by atoms with Crippen LogP contribution in [0.4, 0.5) is 13.2 Å². The number of guanidine groups is 1. The van der Waals surface area contributed by atoms with Gasteiger partial charge in [0.1, 0.15) is 0 Å². The average molecular weight is 504 g/mol. The maximum absolute atomic E-state index is 12.5. The summed E-state index contributed by atoms with van der Waals surface area (Å²) in [6.45, 7) is 0.452. The van der Waals surface area contributed by atoms with Gasteiger partial charge in [-0.05, 0) is 31.3 Å². The van der Waals surface area contributed by atoms with Crippen LogP contribution >= 0.6 is 35.7 Å². The minimum absolute atomic E-state index is 0. The van der Waals surface area contributed by atoms with Crippen LogP contribution in [-0.2, 0) is 10.0 Å². The number of alkyl halides is 3. The second-order valence-corrected chi connectivity index (χ2v) is 8.03. The van der Waals surface area contributed by atoms with Crippen LogP contribution in [0.15, 0.2) is 4.99 Å². The fourth-order valence-electron chi connectivity index (χ4n) is 2.20. The number of rotatable bonds is 6. The Labute approximate surface area is 162 Å². The Bertz CT molecular complexity index is 495. The first-order valence-electron chi connectivity index (χ1n) is 7.25. The van der Waals surface area contributed by atoms with E-state index < -0.39 is 15.5 Å². The van der Waals surface area contributed by atoms with E-state index in [1.54, 1.807) is 18.8 Å². The number of hydrogen-bond donors (Lipinski definition) is 2. The highest BCUT2D eigenvalue weighted by Crippen LogP contribution is 2.28. The van der Waals surface area contributed by atoms with Crippen molar-refractivity contribution in [3.63, 3.8) is 0 Å². The van der Waals surface area contributed by atoms with Crippen molar-refractivity contribution in [2.75, 3.05) is 38.7 Å². The van der Waals surface area contributed by atoms with Crippen molar-refractivity contribution in [3.8, 4) is 0 Å². The Morgan fingerprint density at radius 3 is 2.38 bits per heavy atom. The molecule has 1 rings (SSSR count). The lowest BCUT2D eigenvalue weighted by molar-refractivity contribution is -0.0494. The third-order valence-corrected chi connectivity index (χ3v) is 5.80. The normalized spacial score (nSPS) is 18.1. The molecule has 144 valence electrons. The van der Waals surface area contributed by atoms with Crippen molar-refractivity contribution in [1.82, 2.24) is 14.9 Å². The summed E-state index contributed by atoms with van der Waals surface area (Å²) in [4.78, 5) is 4.06. The quantitative estimate of drug-likeness (QED) is 0.250. The SMILES string of the molecule is CN=C(NCCCSC)NC1CCN(S(=O)(=O)C(F)(F)F)CC1.I. The van der Waals surface area contributed by atoms with E-state index in [2.05, 4.69) is 15.6 Å². The molecule has 6 nitrogen and oxygen atoms in total. The van der Waals surface area contributed by atoms with E-state index in [9.17, 15) is 21.6 Å². The van der Waals surface area contributed by atoms with E-state index in [1.165, 1.54) is 0 Å². The smallest absolute Gasteiger partial charge is 0.356 e. The van der Waals surface area contributed by atoms with Crippen molar-refractivity contribution in [1.29, 1.82) is 0 Å². The highest BCUT2D eigenvalue weighted by Gasteiger charge is 2.50. The van der Waals surface area contributed by atoms with Gasteiger partial charge in [-0.15, -0.1) is 24.0 Å². The highest BCUT2D eigenvalue weighted by molar-refractivity contribution is 14.0. The lowest BCUT2D eigenvalue weighted by Gasteiger charge is -2.32. The Morgan fingerprint density at radius 2 is 1.92 bits per heavy atom. The Kier molecular flexibility index (Phi) is 10.9. The van der Waals surface area contributed by atoms with Gasteiger partial charge in [-0.3, -0.25) is 4.99 Å². The first-order chi connectivity index (χ1) is 10.7. The van der Waals surface area contributed by atoms with Crippen molar-refractivity contribution >= 4 is 51.7 Å². The standard InChI is InChI=1S/C12H23F3N4O2S2.HI/c1-16-11(17-6-3-9-22-2)18-10-4-7-19(8-5-10)23(20,21)12(13,14)15;/h10H,3-9H2,1-2H3,(H2,16,17,18);1H. The fourth-order valence-corrected chi connectivity index (χ4v) is 3.62. The van der Waals surface area contributed by atoms with Crippen molar-refractivity contribution in [3.05, 3.63) is 0 Å². The zero-order valence-electron chi connectivity index (χ0n) is 13.6. The maximum atomic E-state index is 12.5. The van der Waals surface area contributed by atoms with Crippen LogP contribution in [0.1, 0.15) is 19.3 Å². The van der Waals surface area contributed by atoms with Gasteiger partial charge < -0.3 is 10.6 Å². The molecule has 1 aliphatic rings. The molecular weight excluding hydrogens is 480 g/mol. The van der Waals surface area contributed by atoms with Crippen molar-refractivity contribution in [2.24, 2.45) is 4.99 Å². The van der Waals surface area contributed by atoms with E-state index in [-0.39, 0.29) is 43.1 Å². The van der Waals surface area contributed by atoms with Crippen molar-refractivity contribution in [2.45, 2.75) is 30.8 Å². The second-order valence-electron chi connectivity index (χ2n) is 5.11. The fraction of sp³-hybridized carbons (Fsp3) is 0.917. The molecule has 0 aromatic rings. The molecule has 0 bridgehead atoms. The molecule has 0 spiro atoms. The zero-order valence-corrected chi connectivity index (χ0v) is 17.6. The third kappa shape index (κ3) is 7.12. The Balaban J connectivity index is 0.00000529. The molecule has 0 aliphatic carbocycles. The second kappa shape index (κ2) is 10.9. The lowest BCUT2D eigenvalue weighted by Crippen LogP contribution is -2.51. The van der Waals surface area contributed by atoms with Crippen LogP contribution < -0.4 is 10.6 Å². The summed E-state index contributed by atoms with van der Waals surface area (Å²) in [6.07, 6.45) is 3.61. The van der Waals surface area contributed by atoms with Crippen molar-refractivity contribution < 1.29 is 21.6 Å². The summed E-state index contributed by atoms with van der Waals surface area (Å²) in [6, 6.07) is -0.0959. The molecule has 12 heteroatoms. The average Bonchev–Trinajstić information content (AvgIpc) is 2.49. The molecule has 0 aromatic heterocycles. The minimum Gasteiger partial charge on any atom is -0.356 e. The largest absolute Gasteiger partial charge is 0.511 e. The van der Waals surface area contributed by atoms with E-state index >= 15 is 0 Å². The minimum atomic E-state index is -5.23. The summed E-state index contributed by atoms with van der Waals surface area (Å²) in [5.41, 5.74) is -5.23. The number of thioether (sulfide) groups is 1. The lowest BCUT2D eigenvalue weighted by atomic mass is 10.1. The number of sulfonamides is 1. The molecule has 1 heterocycles. The van der Waals surface area contributed by atoms with Gasteiger partial charge in [0.25, 0.3) is 0 Å². The predicted molar refractivity (Wildman–Crippen MR) is 102 cm³/mol. The van der Waals surface area contributed by atoms with Gasteiger partial charge >= 0.3 is 15.5 Å². The predicted octanol–water partition coefficient (Wildman–Crippen LogP) is 1.84. The number of piperidine rings is 1. The van der Waals surface area contributed by atoms with Gasteiger partial charge in [0.05, 0.1) is 0 Å². The highest BCUT2D eigenvalue weighted by atomic mass is 127. The molecule has 0 unspecified atom stereocenters. The zero-order chi connectivity index (χ0) is 17.5. The number of aliphatic imine (C=N–C) groups is 1. The van der Waals surface area contributed by atoms with E-state index in [0.717, 1.165) is 18.7 Å². The molecule has 0 atom stereocenters. The summed E-state index contributed by atoms with van der Waals surface area (Å²) in [7, 11) is -3.60. The summed E-state index contributed by atoms with van der Waals surface area (Å²) < 4.78 is 60.7. The molecule has 0 aromatic carbocycles. The summed E-state index contributed by atoms with van der Waals surface area (Å²) >= 11 is 1.75. The molecule has 2 N–H and O–H groups in total. The molecule has 1 saturated heterocycles. The van der Waals surface area contributed by atoms with E-state index in [0.29, 0.717) is 23.1 Å². The Morgan fingerprint density at radius 1 is 1.33 bits per heavy atom. The molecule has 24 heavy (non-hydrogen) atoms. The molecule has 1 fully saturated rings. The van der Waals surface area contributed by atoms with Gasteiger partial charge in [0, 0.05) is 32.7 Å². The van der Waals surface area contributed by atoms with Gasteiger partial charge in [0.15, 0.2) is 5.96 Å². The van der Waals surface area contributed by atoms with Crippen LogP contribution in [0.5, 0.6) is 0 Å². The summed E-state index contributed by atoms with van der Waals surface area (Å²) in [5, 5.41) is 6.25. The Hall–Kier alpha value is 0.0500.